The molecule has 1 atom stereocenters. The first-order valence-electron chi connectivity index (χ1n) is 8.99. The molecule has 0 saturated carbocycles. The first-order chi connectivity index (χ1) is 13.8. The molecule has 3 rings (SSSR count). The summed E-state index contributed by atoms with van der Waals surface area (Å²) < 4.78 is 38.7. The van der Waals surface area contributed by atoms with Gasteiger partial charge >= 0.3 is 5.97 Å². The molecule has 0 aliphatic carbocycles. The van der Waals surface area contributed by atoms with Crippen LogP contribution in [-0.4, -0.2) is 56.0 Å². The number of aromatic nitrogens is 1. The van der Waals surface area contributed by atoms with E-state index in [1.165, 1.54) is 35.4 Å². The predicted molar refractivity (Wildman–Crippen MR) is 105 cm³/mol. The minimum Gasteiger partial charge on any atom is -0.497 e. The fourth-order valence-corrected chi connectivity index (χ4v) is 5.06. The minimum absolute atomic E-state index is 0.0542. The average Bonchev–Trinajstić information content (AvgIpc) is 3.35. The zero-order chi connectivity index (χ0) is 21.2. The predicted octanol–water partition coefficient (Wildman–Crippen LogP) is 1.61. The van der Waals surface area contributed by atoms with Gasteiger partial charge in [-0.3, -0.25) is 4.79 Å². The van der Waals surface area contributed by atoms with E-state index < -0.39 is 27.9 Å². The summed E-state index contributed by atoms with van der Waals surface area (Å²) in [5, 5.41) is 2.75. The van der Waals surface area contributed by atoms with Gasteiger partial charge in [0, 0.05) is 31.5 Å². The maximum absolute atomic E-state index is 13.1. The summed E-state index contributed by atoms with van der Waals surface area (Å²) in [6.45, 7) is 0.223. The second kappa shape index (κ2) is 8.26. The Hall–Kier alpha value is -2.85. The van der Waals surface area contributed by atoms with Crippen LogP contribution >= 0.6 is 0 Å². The Morgan fingerprint density at radius 1 is 1.21 bits per heavy atom. The Kier molecular flexibility index (Phi) is 5.94. The minimum atomic E-state index is -3.96. The Balaban J connectivity index is 1.83. The Morgan fingerprint density at radius 2 is 1.97 bits per heavy atom. The lowest BCUT2D eigenvalue weighted by Crippen LogP contribution is -2.43. The third-order valence-corrected chi connectivity index (χ3v) is 6.70. The molecule has 1 amide bonds. The number of hydrogen-bond acceptors (Lipinski definition) is 6. The number of benzene rings is 1. The van der Waals surface area contributed by atoms with E-state index in [1.54, 1.807) is 31.3 Å². The smallest absolute Gasteiger partial charge is 0.354 e. The van der Waals surface area contributed by atoms with Crippen LogP contribution in [0, 0.1) is 0 Å². The van der Waals surface area contributed by atoms with E-state index in [1.807, 2.05) is 0 Å². The van der Waals surface area contributed by atoms with E-state index in [0.29, 0.717) is 24.3 Å². The maximum atomic E-state index is 13.1. The molecular weight excluding hydrogens is 398 g/mol. The number of nitrogens with one attached hydrogen (secondary N) is 1. The van der Waals surface area contributed by atoms with Crippen molar-refractivity contribution >= 4 is 27.6 Å². The number of nitrogens with zero attached hydrogens (tertiary/aromatic N) is 2. The molecule has 0 spiro atoms. The van der Waals surface area contributed by atoms with Gasteiger partial charge in [0.1, 0.15) is 22.4 Å². The van der Waals surface area contributed by atoms with Crippen LogP contribution in [0.2, 0.25) is 0 Å². The fraction of sp³-hybridized carbons (Fsp3) is 0.368. The van der Waals surface area contributed by atoms with Gasteiger partial charge in [0.25, 0.3) is 0 Å². The van der Waals surface area contributed by atoms with Gasteiger partial charge in [0.05, 0.1) is 14.2 Å². The molecule has 1 saturated heterocycles. The van der Waals surface area contributed by atoms with Gasteiger partial charge in [0.2, 0.25) is 15.9 Å². The summed E-state index contributed by atoms with van der Waals surface area (Å²) in [6.07, 6.45) is 2.31. The number of methoxy groups -OCH3 is 2. The molecule has 1 fully saturated rings. The van der Waals surface area contributed by atoms with Crippen LogP contribution in [0.1, 0.15) is 23.3 Å². The molecule has 9 nitrogen and oxygen atoms in total. The molecule has 0 radical (unpaired) electrons. The number of sulfonamides is 1. The number of ether oxygens (including phenoxy) is 2. The summed E-state index contributed by atoms with van der Waals surface area (Å²) in [6, 6.07) is 7.26. The van der Waals surface area contributed by atoms with E-state index in [4.69, 9.17) is 4.74 Å². The van der Waals surface area contributed by atoms with Gasteiger partial charge in [-0.1, -0.05) is 6.07 Å². The molecule has 1 aliphatic heterocycles. The SMILES string of the molecule is COC(=O)c1cc(S(=O)(=O)N2CCC[C@H]2C(=O)Nc2cccc(OC)c2)cn1C. The number of aryl methyl sites for hydroxylation is 1. The van der Waals surface area contributed by atoms with Crippen molar-refractivity contribution in [2.45, 2.75) is 23.8 Å². The standard InChI is InChI=1S/C19H23N3O6S/c1-21-12-15(11-17(21)19(24)28-3)29(25,26)22-9-5-8-16(22)18(23)20-13-6-4-7-14(10-13)27-2/h4,6-7,10-12,16H,5,8-9H2,1-3H3,(H,20,23)/t16-/m0/s1. The normalized spacial score (nSPS) is 17.1. The van der Waals surface area contributed by atoms with Crippen LogP contribution in [0.5, 0.6) is 5.75 Å². The molecule has 10 heteroatoms. The van der Waals surface area contributed by atoms with Crippen LogP contribution in [0.15, 0.2) is 41.4 Å². The lowest BCUT2D eigenvalue weighted by molar-refractivity contribution is -0.119. The van der Waals surface area contributed by atoms with E-state index in [9.17, 15) is 18.0 Å². The van der Waals surface area contributed by atoms with E-state index in [2.05, 4.69) is 10.1 Å². The van der Waals surface area contributed by atoms with Gasteiger partial charge in [0.15, 0.2) is 0 Å². The lowest BCUT2D eigenvalue weighted by atomic mass is 10.2. The first kappa shape index (κ1) is 20.9. The van der Waals surface area contributed by atoms with E-state index >= 15 is 0 Å². The van der Waals surface area contributed by atoms with Crippen molar-refractivity contribution in [3.05, 3.63) is 42.2 Å². The summed E-state index contributed by atoms with van der Waals surface area (Å²) in [5.74, 6) is -0.468. The summed E-state index contributed by atoms with van der Waals surface area (Å²) in [7, 11) is 0.343. The van der Waals surface area contributed by atoms with Crippen molar-refractivity contribution in [1.82, 2.24) is 8.87 Å². The molecule has 0 bridgehead atoms. The Bertz CT molecular complexity index is 1030. The first-order valence-corrected chi connectivity index (χ1v) is 10.4. The highest BCUT2D eigenvalue weighted by molar-refractivity contribution is 7.89. The molecule has 156 valence electrons. The Morgan fingerprint density at radius 3 is 2.66 bits per heavy atom. The van der Waals surface area contributed by atoms with Crippen molar-refractivity contribution in [2.24, 2.45) is 7.05 Å². The monoisotopic (exact) mass is 421 g/mol. The zero-order valence-electron chi connectivity index (χ0n) is 16.4. The largest absolute Gasteiger partial charge is 0.497 e. The summed E-state index contributed by atoms with van der Waals surface area (Å²) in [5.41, 5.74) is 0.633. The third kappa shape index (κ3) is 4.13. The quantitative estimate of drug-likeness (QED) is 0.710. The van der Waals surface area contributed by atoms with Gasteiger partial charge in [-0.15, -0.1) is 0 Å². The van der Waals surface area contributed by atoms with Crippen LogP contribution in [0.4, 0.5) is 5.69 Å². The number of carbonyl (C=O) groups is 2. The molecule has 29 heavy (non-hydrogen) atoms. The maximum Gasteiger partial charge on any atom is 0.354 e. The molecule has 2 heterocycles. The highest BCUT2D eigenvalue weighted by Gasteiger charge is 2.40. The van der Waals surface area contributed by atoms with Crippen molar-refractivity contribution in [1.29, 1.82) is 0 Å². The number of carbonyl (C=O) groups excluding carboxylic acids is 2. The highest BCUT2D eigenvalue weighted by Crippen LogP contribution is 2.28. The molecule has 1 aromatic carbocycles. The van der Waals surface area contributed by atoms with Crippen molar-refractivity contribution in [3.8, 4) is 5.75 Å². The second-order valence-corrected chi connectivity index (χ2v) is 8.55. The molecule has 0 unspecified atom stereocenters. The Labute approximate surface area is 169 Å². The van der Waals surface area contributed by atoms with Crippen LogP contribution in [0.3, 0.4) is 0 Å². The molecule has 1 aromatic heterocycles. The van der Waals surface area contributed by atoms with Crippen LogP contribution in [-0.2, 0) is 26.6 Å². The lowest BCUT2D eigenvalue weighted by Gasteiger charge is -2.23. The topological polar surface area (TPSA) is 107 Å². The van der Waals surface area contributed by atoms with Crippen LogP contribution in [0.25, 0.3) is 0 Å². The van der Waals surface area contributed by atoms with E-state index in [-0.39, 0.29) is 17.1 Å². The number of rotatable bonds is 6. The number of anilines is 1. The van der Waals surface area contributed by atoms with Crippen molar-refractivity contribution in [3.63, 3.8) is 0 Å². The van der Waals surface area contributed by atoms with Crippen molar-refractivity contribution < 1.29 is 27.5 Å². The molecular formula is C19H23N3O6S. The summed E-state index contributed by atoms with van der Waals surface area (Å²) in [4.78, 5) is 24.5. The van der Waals surface area contributed by atoms with Gasteiger partial charge in [-0.2, -0.15) is 4.31 Å². The van der Waals surface area contributed by atoms with Gasteiger partial charge < -0.3 is 19.4 Å². The van der Waals surface area contributed by atoms with Gasteiger partial charge in [-0.25, -0.2) is 13.2 Å². The molecule has 1 N–H and O–H groups in total. The number of amides is 1. The highest BCUT2D eigenvalue weighted by atomic mass is 32.2. The average molecular weight is 421 g/mol. The number of esters is 1. The third-order valence-electron chi connectivity index (χ3n) is 4.82. The van der Waals surface area contributed by atoms with E-state index in [0.717, 1.165) is 0 Å². The van der Waals surface area contributed by atoms with Crippen molar-refractivity contribution in [2.75, 3.05) is 26.1 Å². The molecule has 2 aromatic rings. The number of hydrogen-bond donors (Lipinski definition) is 1. The second-order valence-electron chi connectivity index (χ2n) is 6.66. The zero-order valence-corrected chi connectivity index (χ0v) is 17.2. The van der Waals surface area contributed by atoms with Crippen LogP contribution < -0.4 is 10.1 Å². The van der Waals surface area contributed by atoms with Gasteiger partial charge in [-0.05, 0) is 31.0 Å². The molecule has 1 aliphatic rings. The summed E-state index contributed by atoms with van der Waals surface area (Å²) >= 11 is 0. The fourth-order valence-electron chi connectivity index (χ4n) is 3.33.